The number of aromatic nitrogens is 2. The number of hydrogen-bond acceptors (Lipinski definition) is 6. The number of fused-ring (bicyclic) bond motifs is 4. The Kier molecular flexibility index (Phi) is 4.16. The minimum atomic E-state index is -0.458. The van der Waals surface area contributed by atoms with Gasteiger partial charge in [-0.1, -0.05) is 12.1 Å². The zero-order valence-corrected chi connectivity index (χ0v) is 16.0. The van der Waals surface area contributed by atoms with Crippen molar-refractivity contribution < 1.29 is 14.3 Å². The molecule has 3 aromatic rings. The number of rotatable bonds is 3. The molecule has 0 aliphatic carbocycles. The van der Waals surface area contributed by atoms with Crippen molar-refractivity contribution in [2.24, 2.45) is 0 Å². The Morgan fingerprint density at radius 3 is 2.83 bits per heavy atom. The van der Waals surface area contributed by atoms with Crippen molar-refractivity contribution >= 4 is 34.3 Å². The van der Waals surface area contributed by atoms with E-state index < -0.39 is 5.97 Å². The van der Waals surface area contributed by atoms with Crippen LogP contribution >= 0.6 is 0 Å². The SMILES string of the molecule is Cc1nc2ccccc2nc1COC(=O)c1ccc2c(c1)NC(=O)C1CCCN21. The van der Waals surface area contributed by atoms with Crippen molar-refractivity contribution in [2.75, 3.05) is 16.8 Å². The number of amides is 1. The highest BCUT2D eigenvalue weighted by Crippen LogP contribution is 2.37. The van der Waals surface area contributed by atoms with Gasteiger partial charge in [0.1, 0.15) is 12.6 Å². The summed E-state index contributed by atoms with van der Waals surface area (Å²) in [6.07, 6.45) is 1.86. The van der Waals surface area contributed by atoms with E-state index >= 15 is 0 Å². The number of nitrogens with zero attached hydrogens (tertiary/aromatic N) is 3. The van der Waals surface area contributed by atoms with E-state index in [0.717, 1.165) is 41.8 Å². The molecule has 0 radical (unpaired) electrons. The average molecular weight is 388 g/mol. The van der Waals surface area contributed by atoms with Gasteiger partial charge in [0.15, 0.2) is 0 Å². The predicted molar refractivity (Wildman–Crippen MR) is 109 cm³/mol. The maximum atomic E-state index is 12.6. The number of benzene rings is 2. The third-order valence-electron chi connectivity index (χ3n) is 5.54. The summed E-state index contributed by atoms with van der Waals surface area (Å²) in [7, 11) is 0. The van der Waals surface area contributed by atoms with Gasteiger partial charge in [-0.25, -0.2) is 14.8 Å². The fraction of sp³-hybridized carbons (Fsp3) is 0.273. The van der Waals surface area contributed by atoms with Crippen molar-refractivity contribution in [3.05, 3.63) is 59.4 Å². The second kappa shape index (κ2) is 6.84. The number of ether oxygens (including phenoxy) is 1. The molecule has 1 fully saturated rings. The minimum absolute atomic E-state index is 0.0115. The molecule has 1 amide bonds. The summed E-state index contributed by atoms with van der Waals surface area (Å²) >= 11 is 0. The van der Waals surface area contributed by atoms with Gasteiger partial charge in [0.05, 0.1) is 39.4 Å². The van der Waals surface area contributed by atoms with E-state index in [-0.39, 0.29) is 18.6 Å². The summed E-state index contributed by atoms with van der Waals surface area (Å²) in [4.78, 5) is 36.1. The first kappa shape index (κ1) is 17.6. The zero-order valence-electron chi connectivity index (χ0n) is 16.0. The molecule has 7 heteroatoms. The fourth-order valence-corrected chi connectivity index (χ4v) is 4.04. The molecule has 2 aliphatic heterocycles. The maximum absolute atomic E-state index is 12.6. The molecule has 1 saturated heterocycles. The van der Waals surface area contributed by atoms with Crippen molar-refractivity contribution in [3.8, 4) is 0 Å². The highest BCUT2D eigenvalue weighted by molar-refractivity contribution is 6.05. The van der Waals surface area contributed by atoms with E-state index in [1.165, 1.54) is 0 Å². The van der Waals surface area contributed by atoms with Crippen molar-refractivity contribution in [3.63, 3.8) is 0 Å². The van der Waals surface area contributed by atoms with Gasteiger partial charge in [0.25, 0.3) is 0 Å². The standard InChI is InChI=1S/C22H20N4O3/c1-13-18(24-16-6-3-2-5-15(16)23-13)12-29-22(28)14-8-9-19-17(11-14)25-21(27)20-7-4-10-26(19)20/h2-3,5-6,8-9,11,20H,4,7,10,12H2,1H3,(H,25,27). The minimum Gasteiger partial charge on any atom is -0.456 e. The molecule has 0 bridgehead atoms. The van der Waals surface area contributed by atoms with E-state index in [1.54, 1.807) is 12.1 Å². The van der Waals surface area contributed by atoms with Crippen LogP contribution in [-0.2, 0) is 16.1 Å². The van der Waals surface area contributed by atoms with Crippen LogP contribution in [0.3, 0.4) is 0 Å². The van der Waals surface area contributed by atoms with Crippen LogP contribution in [-0.4, -0.2) is 34.4 Å². The Labute approximate surface area is 167 Å². The first-order valence-corrected chi connectivity index (χ1v) is 9.71. The number of carbonyl (C=O) groups excluding carboxylic acids is 2. The predicted octanol–water partition coefficient (Wildman–Crippen LogP) is 3.22. The number of nitrogens with one attached hydrogen (secondary N) is 1. The molecule has 0 spiro atoms. The molecule has 29 heavy (non-hydrogen) atoms. The van der Waals surface area contributed by atoms with Gasteiger partial charge in [-0.3, -0.25) is 4.79 Å². The lowest BCUT2D eigenvalue weighted by molar-refractivity contribution is -0.117. The average Bonchev–Trinajstić information content (AvgIpc) is 3.22. The second-order valence-corrected chi connectivity index (χ2v) is 7.39. The molecule has 1 atom stereocenters. The molecule has 1 unspecified atom stereocenters. The van der Waals surface area contributed by atoms with E-state index in [0.29, 0.717) is 16.9 Å². The van der Waals surface area contributed by atoms with Gasteiger partial charge in [-0.05, 0) is 50.1 Å². The Morgan fingerprint density at radius 2 is 2.00 bits per heavy atom. The summed E-state index contributed by atoms with van der Waals surface area (Å²) in [6.45, 7) is 2.75. The topological polar surface area (TPSA) is 84.4 Å². The highest BCUT2D eigenvalue weighted by atomic mass is 16.5. The number of hydrogen-bond donors (Lipinski definition) is 1. The van der Waals surface area contributed by atoms with Crippen molar-refractivity contribution in [1.29, 1.82) is 0 Å². The van der Waals surface area contributed by atoms with Gasteiger partial charge in [-0.15, -0.1) is 0 Å². The number of aryl methyl sites for hydroxylation is 1. The molecule has 5 rings (SSSR count). The van der Waals surface area contributed by atoms with Gasteiger partial charge < -0.3 is 15.0 Å². The van der Waals surface area contributed by atoms with Gasteiger partial charge in [0.2, 0.25) is 5.91 Å². The molecule has 3 heterocycles. The van der Waals surface area contributed by atoms with Gasteiger partial charge >= 0.3 is 5.97 Å². The molecule has 146 valence electrons. The van der Waals surface area contributed by atoms with Crippen molar-refractivity contribution in [1.82, 2.24) is 9.97 Å². The second-order valence-electron chi connectivity index (χ2n) is 7.39. The van der Waals surface area contributed by atoms with Crippen LogP contribution in [0.5, 0.6) is 0 Å². The summed E-state index contributed by atoms with van der Waals surface area (Å²) < 4.78 is 5.48. The van der Waals surface area contributed by atoms with Crippen LogP contribution in [0.25, 0.3) is 11.0 Å². The Balaban J connectivity index is 1.35. The largest absolute Gasteiger partial charge is 0.456 e. The summed E-state index contributed by atoms with van der Waals surface area (Å²) in [5.41, 5.74) is 4.95. The summed E-state index contributed by atoms with van der Waals surface area (Å²) in [6, 6.07) is 12.8. The van der Waals surface area contributed by atoms with Gasteiger partial charge in [-0.2, -0.15) is 0 Å². The highest BCUT2D eigenvalue weighted by Gasteiger charge is 2.36. The molecule has 1 N–H and O–H groups in total. The van der Waals surface area contributed by atoms with Crippen LogP contribution in [0.1, 0.15) is 34.6 Å². The summed E-state index contributed by atoms with van der Waals surface area (Å²) in [5, 5.41) is 2.92. The summed E-state index contributed by atoms with van der Waals surface area (Å²) in [5.74, 6) is -0.470. The third-order valence-corrected chi connectivity index (χ3v) is 5.54. The lowest BCUT2D eigenvalue weighted by Gasteiger charge is -2.33. The van der Waals surface area contributed by atoms with Crippen molar-refractivity contribution in [2.45, 2.75) is 32.4 Å². The molecule has 1 aromatic heterocycles. The fourth-order valence-electron chi connectivity index (χ4n) is 4.04. The Hall–Kier alpha value is -3.48. The molecular weight excluding hydrogens is 368 g/mol. The van der Waals surface area contributed by atoms with Crippen LogP contribution in [0, 0.1) is 6.92 Å². The first-order chi connectivity index (χ1) is 14.1. The molecular formula is C22H20N4O3. The molecule has 2 aliphatic rings. The number of anilines is 2. The van der Waals surface area contributed by atoms with E-state index in [2.05, 4.69) is 20.2 Å². The van der Waals surface area contributed by atoms with Crippen LogP contribution < -0.4 is 10.2 Å². The third kappa shape index (κ3) is 3.08. The van der Waals surface area contributed by atoms with E-state index in [1.807, 2.05) is 37.3 Å². The molecule has 7 nitrogen and oxygen atoms in total. The van der Waals surface area contributed by atoms with Crippen LogP contribution in [0.4, 0.5) is 11.4 Å². The number of carbonyl (C=O) groups is 2. The van der Waals surface area contributed by atoms with E-state index in [9.17, 15) is 9.59 Å². The number of para-hydroxylation sites is 2. The van der Waals surface area contributed by atoms with Crippen LogP contribution in [0.2, 0.25) is 0 Å². The first-order valence-electron chi connectivity index (χ1n) is 9.71. The smallest absolute Gasteiger partial charge is 0.338 e. The van der Waals surface area contributed by atoms with Gasteiger partial charge in [0, 0.05) is 6.54 Å². The Morgan fingerprint density at radius 1 is 1.21 bits per heavy atom. The monoisotopic (exact) mass is 388 g/mol. The van der Waals surface area contributed by atoms with Crippen LogP contribution in [0.15, 0.2) is 42.5 Å². The van der Waals surface area contributed by atoms with E-state index in [4.69, 9.17) is 4.74 Å². The molecule has 0 saturated carbocycles. The zero-order chi connectivity index (χ0) is 20.0. The number of esters is 1. The quantitative estimate of drug-likeness (QED) is 0.694. The Bertz CT molecular complexity index is 1140. The lowest BCUT2D eigenvalue weighted by Crippen LogP contribution is -2.43. The molecule has 2 aromatic carbocycles. The normalized spacial score (nSPS) is 17.6. The maximum Gasteiger partial charge on any atom is 0.338 e. The lowest BCUT2D eigenvalue weighted by atomic mass is 10.1.